The third-order valence-electron chi connectivity index (χ3n) is 4.09. The summed E-state index contributed by atoms with van der Waals surface area (Å²) >= 11 is 0. The zero-order chi connectivity index (χ0) is 22.0. The summed E-state index contributed by atoms with van der Waals surface area (Å²) in [7, 11) is 0.944. The van der Waals surface area contributed by atoms with Crippen LogP contribution in [0.3, 0.4) is 0 Å². The molecule has 6 nitrogen and oxygen atoms in total. The van der Waals surface area contributed by atoms with E-state index in [1.165, 1.54) is 32.0 Å². The molecule has 0 aliphatic rings. The molecule has 0 aliphatic heterocycles. The molecule has 0 atom stereocenters. The summed E-state index contributed by atoms with van der Waals surface area (Å²) < 4.78 is 65.1. The van der Waals surface area contributed by atoms with E-state index >= 15 is 0 Å². The molecule has 156 valence electrons. The van der Waals surface area contributed by atoms with Crippen LogP contribution in [0.1, 0.15) is 21.7 Å². The number of ether oxygens (including phenoxy) is 2. The van der Waals surface area contributed by atoms with Crippen molar-refractivity contribution in [1.29, 1.82) is 0 Å². The van der Waals surface area contributed by atoms with Crippen molar-refractivity contribution in [3.05, 3.63) is 70.6 Å². The van der Waals surface area contributed by atoms with Crippen LogP contribution in [0.15, 0.2) is 30.3 Å². The minimum Gasteiger partial charge on any atom is -0.491 e. The lowest BCUT2D eigenvalue weighted by atomic mass is 10.1. The summed E-state index contributed by atoms with van der Waals surface area (Å²) in [6, 6.07) is 5.90. The first-order valence-electron chi connectivity index (χ1n) is 8.53. The highest BCUT2D eigenvalue weighted by atomic mass is 19.2. The number of aryl methyl sites for hydroxylation is 2. The average molecular weight is 421 g/mol. The van der Waals surface area contributed by atoms with Crippen molar-refractivity contribution < 1.29 is 31.8 Å². The molecule has 0 fully saturated rings. The molecule has 0 aliphatic carbocycles. The number of hydrogen-bond donors (Lipinski definition) is 1. The summed E-state index contributed by atoms with van der Waals surface area (Å²) in [6.45, 7) is 3.00. The Morgan fingerprint density at radius 1 is 0.967 bits per heavy atom. The summed E-state index contributed by atoms with van der Waals surface area (Å²) in [4.78, 5) is 20.5. The van der Waals surface area contributed by atoms with Crippen molar-refractivity contribution in [1.82, 2.24) is 9.97 Å². The molecule has 1 N–H and O–H groups in total. The number of carbonyl (C=O) groups is 1. The van der Waals surface area contributed by atoms with Crippen LogP contribution in [0.5, 0.6) is 17.5 Å². The van der Waals surface area contributed by atoms with Crippen LogP contribution in [0.2, 0.25) is 0 Å². The quantitative estimate of drug-likeness (QED) is 0.478. The van der Waals surface area contributed by atoms with Gasteiger partial charge in [-0.25, -0.2) is 13.2 Å². The number of nitrogens with zero attached hydrogens (tertiary/aromatic N) is 2. The Labute approximate surface area is 168 Å². The van der Waals surface area contributed by atoms with Gasteiger partial charge in [0.2, 0.25) is 5.82 Å². The van der Waals surface area contributed by atoms with E-state index in [9.17, 15) is 22.4 Å². The minimum absolute atomic E-state index is 0.0935. The van der Waals surface area contributed by atoms with E-state index in [1.54, 1.807) is 6.07 Å². The van der Waals surface area contributed by atoms with Crippen LogP contribution in [-0.2, 0) is 0 Å². The number of carbonyl (C=O) groups excluding carboxylic acids is 1. The maximum Gasteiger partial charge on any atom is 0.322 e. The molecule has 0 radical (unpaired) electrons. The maximum atomic E-state index is 14.3. The fourth-order valence-electron chi connectivity index (χ4n) is 2.64. The largest absolute Gasteiger partial charge is 0.491 e. The smallest absolute Gasteiger partial charge is 0.322 e. The van der Waals surface area contributed by atoms with Gasteiger partial charge >= 0.3 is 6.01 Å². The molecule has 2 aromatic carbocycles. The second kappa shape index (κ2) is 8.36. The number of benzene rings is 2. The fraction of sp³-hybridized carbons (Fsp3) is 0.150. The van der Waals surface area contributed by atoms with Gasteiger partial charge in [-0.05, 0) is 32.0 Å². The number of para-hydroxylation sites is 1. The van der Waals surface area contributed by atoms with Crippen molar-refractivity contribution in [3.63, 3.8) is 0 Å². The number of rotatable bonds is 5. The van der Waals surface area contributed by atoms with Gasteiger partial charge in [0, 0.05) is 0 Å². The number of anilines is 1. The third-order valence-corrected chi connectivity index (χ3v) is 4.09. The third kappa shape index (κ3) is 4.02. The van der Waals surface area contributed by atoms with Crippen LogP contribution in [0.4, 0.5) is 23.2 Å². The van der Waals surface area contributed by atoms with E-state index in [2.05, 4.69) is 20.0 Å². The normalized spacial score (nSPS) is 10.6. The lowest BCUT2D eigenvalue weighted by Crippen LogP contribution is -2.18. The summed E-state index contributed by atoms with van der Waals surface area (Å²) in [6.07, 6.45) is 0. The zero-order valence-electron chi connectivity index (χ0n) is 16.0. The molecule has 3 rings (SSSR count). The molecule has 0 saturated carbocycles. The maximum absolute atomic E-state index is 14.3. The van der Waals surface area contributed by atoms with Crippen LogP contribution in [0.25, 0.3) is 0 Å². The molecule has 1 aromatic heterocycles. The van der Waals surface area contributed by atoms with Crippen LogP contribution in [-0.4, -0.2) is 23.0 Å². The standard InChI is InChI=1S/C20H15F4N3O3/c1-9-17(10(2)26-20(25-9)30-14-7-5-4-6-12(14)21)27-19(28)11-8-13(22)16(24)18(29-3)15(11)23/h4-8H,1-3H3,(H,27,28). The van der Waals surface area contributed by atoms with Crippen LogP contribution < -0.4 is 14.8 Å². The van der Waals surface area contributed by atoms with E-state index in [0.717, 1.165) is 7.11 Å². The van der Waals surface area contributed by atoms with Gasteiger partial charge in [0.1, 0.15) is 0 Å². The monoisotopic (exact) mass is 421 g/mol. The molecule has 10 heteroatoms. The van der Waals surface area contributed by atoms with Gasteiger partial charge in [0.25, 0.3) is 5.91 Å². The number of amides is 1. The Hall–Kier alpha value is -3.69. The van der Waals surface area contributed by atoms with Crippen molar-refractivity contribution in [2.75, 3.05) is 12.4 Å². The van der Waals surface area contributed by atoms with Gasteiger partial charge in [0.05, 0.1) is 29.7 Å². The summed E-state index contributed by atoms with van der Waals surface area (Å²) in [5, 5.41) is 2.36. The van der Waals surface area contributed by atoms with Gasteiger partial charge in [-0.15, -0.1) is 0 Å². The Morgan fingerprint density at radius 3 is 2.20 bits per heavy atom. The number of hydrogen-bond acceptors (Lipinski definition) is 5. The highest BCUT2D eigenvalue weighted by molar-refractivity contribution is 6.05. The number of aromatic nitrogens is 2. The first kappa shape index (κ1) is 21.0. The SMILES string of the molecule is COc1c(F)c(F)cc(C(=O)Nc2c(C)nc(Oc3ccccc3F)nc2C)c1F. The first-order valence-corrected chi connectivity index (χ1v) is 8.53. The molecule has 0 spiro atoms. The molecule has 0 saturated heterocycles. The van der Waals surface area contributed by atoms with E-state index in [1.807, 2.05) is 0 Å². The highest BCUT2D eigenvalue weighted by Crippen LogP contribution is 2.29. The predicted molar refractivity (Wildman–Crippen MR) is 98.8 cm³/mol. The minimum atomic E-state index is -1.54. The lowest BCUT2D eigenvalue weighted by molar-refractivity contribution is 0.102. The second-order valence-electron chi connectivity index (χ2n) is 6.11. The van der Waals surface area contributed by atoms with Gasteiger partial charge in [-0.3, -0.25) is 4.79 Å². The average Bonchev–Trinajstić information content (AvgIpc) is 2.69. The van der Waals surface area contributed by atoms with Crippen molar-refractivity contribution in [2.24, 2.45) is 0 Å². The van der Waals surface area contributed by atoms with E-state index in [-0.39, 0.29) is 28.8 Å². The van der Waals surface area contributed by atoms with E-state index in [0.29, 0.717) is 6.07 Å². The van der Waals surface area contributed by atoms with Gasteiger partial charge < -0.3 is 14.8 Å². The number of methoxy groups -OCH3 is 1. The highest BCUT2D eigenvalue weighted by Gasteiger charge is 2.25. The lowest BCUT2D eigenvalue weighted by Gasteiger charge is -2.14. The van der Waals surface area contributed by atoms with Gasteiger partial charge in [0.15, 0.2) is 29.0 Å². The predicted octanol–water partition coefficient (Wildman–Crippen LogP) is 4.70. The molecule has 1 heterocycles. The molecule has 30 heavy (non-hydrogen) atoms. The van der Waals surface area contributed by atoms with E-state index < -0.39 is 40.5 Å². The van der Waals surface area contributed by atoms with Gasteiger partial charge in [-0.2, -0.15) is 14.4 Å². The Morgan fingerprint density at radius 2 is 1.60 bits per heavy atom. The summed E-state index contributed by atoms with van der Waals surface area (Å²) in [5.74, 6) is -7.14. The number of nitrogens with one attached hydrogen (secondary N) is 1. The topological polar surface area (TPSA) is 73.3 Å². The first-order chi connectivity index (χ1) is 14.2. The number of halogens is 4. The molecule has 3 aromatic rings. The molecular weight excluding hydrogens is 406 g/mol. The Balaban J connectivity index is 1.90. The van der Waals surface area contributed by atoms with Crippen LogP contribution >= 0.6 is 0 Å². The van der Waals surface area contributed by atoms with Crippen LogP contribution in [0, 0.1) is 37.1 Å². The zero-order valence-corrected chi connectivity index (χ0v) is 16.0. The van der Waals surface area contributed by atoms with Crippen molar-refractivity contribution >= 4 is 11.6 Å². The molecular formula is C20H15F4N3O3. The molecule has 1 amide bonds. The second-order valence-corrected chi connectivity index (χ2v) is 6.11. The Bertz CT molecular complexity index is 1120. The van der Waals surface area contributed by atoms with Gasteiger partial charge in [-0.1, -0.05) is 12.1 Å². The summed E-state index contributed by atoms with van der Waals surface area (Å²) in [5.41, 5.74) is -0.227. The fourth-order valence-corrected chi connectivity index (χ4v) is 2.64. The van der Waals surface area contributed by atoms with Crippen molar-refractivity contribution in [3.8, 4) is 17.5 Å². The molecule has 0 bridgehead atoms. The van der Waals surface area contributed by atoms with Crippen molar-refractivity contribution in [2.45, 2.75) is 13.8 Å². The molecule has 0 unspecified atom stereocenters. The Kier molecular flexibility index (Phi) is 5.86. The van der Waals surface area contributed by atoms with E-state index in [4.69, 9.17) is 4.74 Å².